The molecular weight excluding hydrogens is 392 g/mol. The summed E-state index contributed by atoms with van der Waals surface area (Å²) in [6.07, 6.45) is 1.51. The molecule has 0 aliphatic heterocycles. The van der Waals surface area contributed by atoms with Crippen LogP contribution >= 0.6 is 23.5 Å². The molecule has 4 nitrogen and oxygen atoms in total. The van der Waals surface area contributed by atoms with E-state index in [1.165, 1.54) is 48.5 Å². The van der Waals surface area contributed by atoms with E-state index in [0.29, 0.717) is 22.8 Å². The van der Waals surface area contributed by atoms with Crippen molar-refractivity contribution in [1.82, 2.24) is 4.98 Å². The number of rotatable bonds is 6. The minimum atomic E-state index is -0.553. The van der Waals surface area contributed by atoms with E-state index in [4.69, 9.17) is 11.6 Å². The number of nitrogens with one attached hydrogen (secondary N) is 2. The third-order valence-corrected chi connectivity index (χ3v) is 4.65. The maximum atomic E-state index is 13.2. The Labute approximate surface area is 164 Å². The van der Waals surface area contributed by atoms with Gasteiger partial charge in [-0.3, -0.25) is 4.79 Å². The van der Waals surface area contributed by atoms with Crippen LogP contribution in [0.1, 0.15) is 15.9 Å². The lowest BCUT2D eigenvalue weighted by Gasteiger charge is -2.08. The Kier molecular flexibility index (Phi) is 6.26. The predicted molar refractivity (Wildman–Crippen MR) is 105 cm³/mol. The molecule has 2 N–H and O–H groups in total. The van der Waals surface area contributed by atoms with Gasteiger partial charge in [-0.2, -0.15) is 0 Å². The normalized spacial score (nSPS) is 10.5. The summed E-state index contributed by atoms with van der Waals surface area (Å²) in [5.74, 6) is -0.0896. The second kappa shape index (κ2) is 8.83. The van der Waals surface area contributed by atoms with Gasteiger partial charge in [-0.25, -0.2) is 13.8 Å². The highest BCUT2D eigenvalue weighted by Gasteiger charge is 2.09. The SMILES string of the molecule is O=C(Nc1ccc(F)c(Cl)c1)c1ccnc(NSCc2ccc(F)cc2)c1. The fourth-order valence-corrected chi connectivity index (χ4v) is 3.05. The maximum absolute atomic E-state index is 13.2. The Morgan fingerprint density at radius 1 is 1.07 bits per heavy atom. The number of hydrogen-bond donors (Lipinski definition) is 2. The van der Waals surface area contributed by atoms with E-state index >= 15 is 0 Å². The first kappa shape index (κ1) is 19.1. The van der Waals surface area contributed by atoms with E-state index in [1.807, 2.05) is 0 Å². The van der Waals surface area contributed by atoms with Crippen molar-refractivity contribution in [1.29, 1.82) is 0 Å². The number of carbonyl (C=O) groups is 1. The zero-order valence-corrected chi connectivity index (χ0v) is 15.5. The van der Waals surface area contributed by atoms with Gasteiger partial charge in [-0.05, 0) is 60.0 Å². The van der Waals surface area contributed by atoms with Crippen LogP contribution in [0.5, 0.6) is 0 Å². The fourth-order valence-electron chi connectivity index (χ4n) is 2.18. The summed E-state index contributed by atoms with van der Waals surface area (Å²) < 4.78 is 29.1. The molecule has 0 fully saturated rings. The highest BCUT2D eigenvalue weighted by atomic mass is 35.5. The van der Waals surface area contributed by atoms with Gasteiger partial charge < -0.3 is 10.0 Å². The molecular formula is C19H14ClF2N3OS. The molecule has 8 heteroatoms. The minimum absolute atomic E-state index is 0.0675. The van der Waals surface area contributed by atoms with Gasteiger partial charge in [0, 0.05) is 23.2 Å². The van der Waals surface area contributed by atoms with Crippen molar-refractivity contribution < 1.29 is 13.6 Å². The summed E-state index contributed by atoms with van der Waals surface area (Å²) >= 11 is 7.08. The van der Waals surface area contributed by atoms with Crippen LogP contribution in [0.2, 0.25) is 5.02 Å². The van der Waals surface area contributed by atoms with Crippen molar-refractivity contribution in [2.45, 2.75) is 5.75 Å². The van der Waals surface area contributed by atoms with Gasteiger partial charge in [0.25, 0.3) is 5.91 Å². The van der Waals surface area contributed by atoms with Gasteiger partial charge in [-0.1, -0.05) is 23.7 Å². The smallest absolute Gasteiger partial charge is 0.255 e. The first-order valence-electron chi connectivity index (χ1n) is 7.86. The van der Waals surface area contributed by atoms with Crippen LogP contribution in [0.25, 0.3) is 0 Å². The maximum Gasteiger partial charge on any atom is 0.255 e. The molecule has 138 valence electrons. The first-order valence-corrected chi connectivity index (χ1v) is 9.22. The average Bonchev–Trinajstić information content (AvgIpc) is 2.66. The van der Waals surface area contributed by atoms with Gasteiger partial charge >= 0.3 is 0 Å². The van der Waals surface area contributed by atoms with Gasteiger partial charge in [0.1, 0.15) is 17.5 Å². The van der Waals surface area contributed by atoms with Crippen molar-refractivity contribution >= 4 is 41.0 Å². The Morgan fingerprint density at radius 3 is 2.59 bits per heavy atom. The molecule has 3 aromatic rings. The van der Waals surface area contributed by atoms with Gasteiger partial charge in [0.2, 0.25) is 0 Å². The average molecular weight is 406 g/mol. The Balaban J connectivity index is 1.59. The van der Waals surface area contributed by atoms with Crippen molar-refractivity contribution in [3.63, 3.8) is 0 Å². The van der Waals surface area contributed by atoms with Gasteiger partial charge in [-0.15, -0.1) is 0 Å². The summed E-state index contributed by atoms with van der Waals surface area (Å²) in [7, 11) is 0. The van der Waals surface area contributed by atoms with Gasteiger partial charge in [0.15, 0.2) is 0 Å². The van der Waals surface area contributed by atoms with Crippen LogP contribution in [0, 0.1) is 11.6 Å². The van der Waals surface area contributed by atoms with Gasteiger partial charge in [0.05, 0.1) is 5.02 Å². The predicted octanol–water partition coefficient (Wildman–Crippen LogP) is 5.53. The fraction of sp³-hybridized carbons (Fsp3) is 0.0526. The molecule has 0 saturated heterocycles. The largest absolute Gasteiger partial charge is 0.322 e. The number of nitrogens with zero attached hydrogens (tertiary/aromatic N) is 1. The van der Waals surface area contributed by atoms with E-state index in [0.717, 1.165) is 5.56 Å². The third kappa shape index (κ3) is 5.42. The standard InChI is InChI=1S/C19H14ClF2N3OS/c20-16-10-15(5-6-17(16)22)24-19(26)13-7-8-23-18(9-13)25-27-11-12-1-3-14(21)4-2-12/h1-10H,11H2,(H,23,25)(H,24,26). The van der Waals surface area contributed by atoms with E-state index in [1.54, 1.807) is 24.3 Å². The van der Waals surface area contributed by atoms with E-state index < -0.39 is 5.82 Å². The monoisotopic (exact) mass is 405 g/mol. The number of hydrogen-bond acceptors (Lipinski definition) is 4. The molecule has 0 aliphatic rings. The summed E-state index contributed by atoms with van der Waals surface area (Å²) in [6.45, 7) is 0. The van der Waals surface area contributed by atoms with Crippen molar-refractivity contribution in [2.75, 3.05) is 10.0 Å². The number of pyridine rings is 1. The first-order chi connectivity index (χ1) is 13.0. The third-order valence-electron chi connectivity index (χ3n) is 3.53. The minimum Gasteiger partial charge on any atom is -0.322 e. The van der Waals surface area contributed by atoms with E-state index in [9.17, 15) is 13.6 Å². The number of halogens is 3. The van der Waals surface area contributed by atoms with E-state index in [-0.39, 0.29) is 16.7 Å². The van der Waals surface area contributed by atoms with E-state index in [2.05, 4.69) is 15.0 Å². The molecule has 0 atom stereocenters. The summed E-state index contributed by atoms with van der Waals surface area (Å²) in [4.78, 5) is 16.5. The quantitative estimate of drug-likeness (QED) is 0.530. The van der Waals surface area contributed by atoms with Crippen LogP contribution in [0.3, 0.4) is 0 Å². The summed E-state index contributed by atoms with van der Waals surface area (Å²) in [5.41, 5.74) is 1.73. The lowest BCUT2D eigenvalue weighted by Crippen LogP contribution is -2.12. The van der Waals surface area contributed by atoms with Crippen LogP contribution in [0.4, 0.5) is 20.3 Å². The Morgan fingerprint density at radius 2 is 1.85 bits per heavy atom. The Bertz CT molecular complexity index is 954. The molecule has 0 spiro atoms. The number of benzene rings is 2. The molecule has 3 rings (SSSR count). The lowest BCUT2D eigenvalue weighted by molar-refractivity contribution is 0.102. The molecule has 1 aromatic heterocycles. The number of anilines is 2. The number of carbonyl (C=O) groups excluding carboxylic acids is 1. The van der Waals surface area contributed by atoms with Crippen LogP contribution in [-0.2, 0) is 5.75 Å². The molecule has 1 amide bonds. The Hall–Kier alpha value is -2.64. The van der Waals surface area contributed by atoms with Crippen molar-refractivity contribution in [3.8, 4) is 0 Å². The summed E-state index contributed by atoms with van der Waals surface area (Å²) in [6, 6.07) is 13.3. The van der Waals surface area contributed by atoms with Crippen molar-refractivity contribution in [2.24, 2.45) is 0 Å². The van der Waals surface area contributed by atoms with Crippen LogP contribution in [-0.4, -0.2) is 10.9 Å². The highest BCUT2D eigenvalue weighted by molar-refractivity contribution is 7.99. The molecule has 0 unspecified atom stereocenters. The number of aromatic nitrogens is 1. The van der Waals surface area contributed by atoms with Crippen LogP contribution < -0.4 is 10.0 Å². The molecule has 0 saturated carbocycles. The number of amides is 1. The lowest BCUT2D eigenvalue weighted by atomic mass is 10.2. The summed E-state index contributed by atoms with van der Waals surface area (Å²) in [5, 5.41) is 2.59. The molecule has 27 heavy (non-hydrogen) atoms. The zero-order valence-electron chi connectivity index (χ0n) is 13.9. The molecule has 2 aromatic carbocycles. The molecule has 1 heterocycles. The molecule has 0 bridgehead atoms. The zero-order chi connectivity index (χ0) is 19.2. The second-order valence-electron chi connectivity index (χ2n) is 5.53. The van der Waals surface area contributed by atoms with Crippen LogP contribution in [0.15, 0.2) is 60.8 Å². The second-order valence-corrected chi connectivity index (χ2v) is 6.72. The highest BCUT2D eigenvalue weighted by Crippen LogP contribution is 2.21. The molecule has 0 radical (unpaired) electrons. The van der Waals surface area contributed by atoms with Crippen molar-refractivity contribution in [3.05, 3.63) is 88.6 Å². The molecule has 0 aliphatic carbocycles. The topological polar surface area (TPSA) is 54.0 Å².